The van der Waals surface area contributed by atoms with E-state index in [4.69, 9.17) is 4.74 Å². The standard InChI is InChI=1S/C16H19FN2O2/c1-11(12-5-6-14(21-2)13(17)9-12)19-15(20)16(10-18)7-3-4-8-16/h5-6,9,11H,3-4,7-8H2,1-2H3,(H,19,20). The lowest BCUT2D eigenvalue weighted by molar-refractivity contribution is -0.128. The maximum absolute atomic E-state index is 13.7. The number of ether oxygens (including phenoxy) is 1. The third-order valence-corrected chi connectivity index (χ3v) is 4.13. The van der Waals surface area contributed by atoms with E-state index in [1.165, 1.54) is 19.2 Å². The minimum Gasteiger partial charge on any atom is -0.494 e. The van der Waals surface area contributed by atoms with Gasteiger partial charge in [0, 0.05) is 0 Å². The minimum atomic E-state index is -0.917. The summed E-state index contributed by atoms with van der Waals surface area (Å²) in [6.45, 7) is 1.78. The molecule has 1 aromatic rings. The molecule has 1 aliphatic rings. The second-order valence-corrected chi connectivity index (χ2v) is 5.49. The predicted molar refractivity (Wildman–Crippen MR) is 76.0 cm³/mol. The highest BCUT2D eigenvalue weighted by Gasteiger charge is 2.41. The van der Waals surface area contributed by atoms with Crippen molar-refractivity contribution < 1.29 is 13.9 Å². The minimum absolute atomic E-state index is 0.168. The quantitative estimate of drug-likeness (QED) is 0.926. The SMILES string of the molecule is COc1ccc(C(C)NC(=O)C2(C#N)CCCC2)cc1F. The van der Waals surface area contributed by atoms with Crippen LogP contribution in [0.4, 0.5) is 4.39 Å². The monoisotopic (exact) mass is 290 g/mol. The molecule has 0 spiro atoms. The first-order chi connectivity index (χ1) is 10.0. The summed E-state index contributed by atoms with van der Waals surface area (Å²) in [5, 5.41) is 12.1. The molecule has 0 bridgehead atoms. The van der Waals surface area contributed by atoms with Gasteiger partial charge in [-0.3, -0.25) is 4.79 Å². The first kappa shape index (κ1) is 15.3. The van der Waals surface area contributed by atoms with Crippen molar-refractivity contribution in [3.05, 3.63) is 29.6 Å². The van der Waals surface area contributed by atoms with E-state index in [1.807, 2.05) is 0 Å². The van der Waals surface area contributed by atoms with Gasteiger partial charge in [0.1, 0.15) is 5.41 Å². The van der Waals surface area contributed by atoms with E-state index in [0.717, 1.165) is 12.8 Å². The second kappa shape index (κ2) is 6.13. The van der Waals surface area contributed by atoms with Crippen molar-refractivity contribution in [3.8, 4) is 11.8 Å². The summed E-state index contributed by atoms with van der Waals surface area (Å²) in [7, 11) is 1.40. The van der Waals surface area contributed by atoms with Crippen molar-refractivity contribution in [2.75, 3.05) is 7.11 Å². The number of nitrogens with zero attached hydrogens (tertiary/aromatic N) is 1. The van der Waals surface area contributed by atoms with Gasteiger partial charge < -0.3 is 10.1 Å². The summed E-state index contributed by atoms with van der Waals surface area (Å²) in [5.74, 6) is -0.556. The number of halogens is 1. The first-order valence-electron chi connectivity index (χ1n) is 7.08. The van der Waals surface area contributed by atoms with Crippen LogP contribution in [0.1, 0.15) is 44.2 Å². The number of nitrogens with one attached hydrogen (secondary N) is 1. The molecule has 1 N–H and O–H groups in total. The van der Waals surface area contributed by atoms with Gasteiger partial charge in [-0.2, -0.15) is 5.26 Å². The summed E-state index contributed by atoms with van der Waals surface area (Å²) in [4.78, 5) is 12.3. The Hall–Kier alpha value is -2.09. The van der Waals surface area contributed by atoms with Crippen LogP contribution in [0.25, 0.3) is 0 Å². The number of hydrogen-bond acceptors (Lipinski definition) is 3. The Morgan fingerprint density at radius 3 is 2.67 bits per heavy atom. The highest BCUT2D eigenvalue weighted by molar-refractivity contribution is 5.86. The summed E-state index contributed by atoms with van der Waals surface area (Å²) in [6, 6.07) is 6.38. The zero-order chi connectivity index (χ0) is 15.5. The number of methoxy groups -OCH3 is 1. The lowest BCUT2D eigenvalue weighted by Gasteiger charge is -2.23. The fourth-order valence-corrected chi connectivity index (χ4v) is 2.74. The molecular formula is C16H19FN2O2. The molecule has 0 saturated heterocycles. The molecule has 1 atom stereocenters. The number of carbonyl (C=O) groups excluding carboxylic acids is 1. The molecule has 1 saturated carbocycles. The lowest BCUT2D eigenvalue weighted by atomic mass is 9.86. The predicted octanol–water partition coefficient (Wildman–Crippen LogP) is 3.10. The molecule has 1 aliphatic carbocycles. The molecule has 5 heteroatoms. The van der Waals surface area contributed by atoms with E-state index in [1.54, 1.807) is 13.0 Å². The van der Waals surface area contributed by atoms with Crippen molar-refractivity contribution in [1.82, 2.24) is 5.32 Å². The largest absolute Gasteiger partial charge is 0.494 e. The zero-order valence-corrected chi connectivity index (χ0v) is 12.3. The van der Waals surface area contributed by atoms with Crippen LogP contribution in [0.5, 0.6) is 5.75 Å². The Labute approximate surface area is 123 Å². The number of hydrogen-bond donors (Lipinski definition) is 1. The van der Waals surface area contributed by atoms with E-state index in [2.05, 4.69) is 11.4 Å². The molecule has 1 amide bonds. The molecule has 0 aromatic heterocycles. The molecule has 2 rings (SSSR count). The van der Waals surface area contributed by atoms with Crippen LogP contribution >= 0.6 is 0 Å². The molecule has 0 radical (unpaired) electrons. The Morgan fingerprint density at radius 1 is 1.48 bits per heavy atom. The summed E-state index contributed by atoms with van der Waals surface area (Å²) in [5.41, 5.74) is -0.271. The van der Waals surface area contributed by atoms with E-state index in [9.17, 15) is 14.4 Å². The van der Waals surface area contributed by atoms with Gasteiger partial charge in [-0.15, -0.1) is 0 Å². The number of nitriles is 1. The Balaban J connectivity index is 2.11. The van der Waals surface area contributed by atoms with Gasteiger partial charge in [0.25, 0.3) is 0 Å². The van der Waals surface area contributed by atoms with Crippen LogP contribution in [-0.4, -0.2) is 13.0 Å². The average Bonchev–Trinajstić information content (AvgIpc) is 2.97. The van der Waals surface area contributed by atoms with Crippen LogP contribution in [0.15, 0.2) is 18.2 Å². The molecule has 1 aromatic carbocycles. The second-order valence-electron chi connectivity index (χ2n) is 5.49. The van der Waals surface area contributed by atoms with Crippen molar-refractivity contribution in [3.63, 3.8) is 0 Å². The van der Waals surface area contributed by atoms with Gasteiger partial charge >= 0.3 is 0 Å². The van der Waals surface area contributed by atoms with Gasteiger partial charge in [0.05, 0.1) is 19.2 Å². The number of carbonyl (C=O) groups is 1. The van der Waals surface area contributed by atoms with Crippen LogP contribution in [0.3, 0.4) is 0 Å². The van der Waals surface area contributed by atoms with Crippen molar-refractivity contribution >= 4 is 5.91 Å². The number of benzene rings is 1. The van der Waals surface area contributed by atoms with Crippen molar-refractivity contribution in [2.45, 2.75) is 38.6 Å². The Morgan fingerprint density at radius 2 is 2.14 bits per heavy atom. The molecule has 0 aliphatic heterocycles. The molecule has 112 valence electrons. The molecule has 0 heterocycles. The number of rotatable bonds is 4. The zero-order valence-electron chi connectivity index (χ0n) is 12.3. The lowest BCUT2D eigenvalue weighted by Crippen LogP contribution is -2.39. The average molecular weight is 290 g/mol. The number of amides is 1. The topological polar surface area (TPSA) is 62.1 Å². The van der Waals surface area contributed by atoms with Crippen LogP contribution in [0, 0.1) is 22.6 Å². The maximum atomic E-state index is 13.7. The normalized spacial score (nSPS) is 17.8. The summed E-state index contributed by atoms with van der Waals surface area (Å²) < 4.78 is 18.6. The Kier molecular flexibility index (Phi) is 4.46. The van der Waals surface area contributed by atoms with Gasteiger partial charge in [-0.05, 0) is 37.5 Å². The first-order valence-corrected chi connectivity index (χ1v) is 7.08. The molecule has 21 heavy (non-hydrogen) atoms. The van der Waals surface area contributed by atoms with Crippen molar-refractivity contribution in [1.29, 1.82) is 5.26 Å². The van der Waals surface area contributed by atoms with E-state index in [-0.39, 0.29) is 17.7 Å². The smallest absolute Gasteiger partial charge is 0.240 e. The molecule has 1 fully saturated rings. The van der Waals surface area contributed by atoms with Gasteiger partial charge in [-0.25, -0.2) is 4.39 Å². The van der Waals surface area contributed by atoms with Crippen LogP contribution in [0.2, 0.25) is 0 Å². The highest BCUT2D eigenvalue weighted by atomic mass is 19.1. The molecular weight excluding hydrogens is 271 g/mol. The highest BCUT2D eigenvalue weighted by Crippen LogP contribution is 2.38. The fraction of sp³-hybridized carbons (Fsp3) is 0.500. The van der Waals surface area contributed by atoms with E-state index >= 15 is 0 Å². The fourth-order valence-electron chi connectivity index (χ4n) is 2.74. The molecule has 1 unspecified atom stereocenters. The maximum Gasteiger partial charge on any atom is 0.240 e. The molecule has 4 nitrogen and oxygen atoms in total. The van der Waals surface area contributed by atoms with E-state index in [0.29, 0.717) is 18.4 Å². The van der Waals surface area contributed by atoms with E-state index < -0.39 is 11.2 Å². The third kappa shape index (κ3) is 2.99. The van der Waals surface area contributed by atoms with Crippen LogP contribution in [-0.2, 0) is 4.79 Å². The van der Waals surface area contributed by atoms with Crippen LogP contribution < -0.4 is 10.1 Å². The Bertz CT molecular complexity index is 574. The van der Waals surface area contributed by atoms with Gasteiger partial charge in [-0.1, -0.05) is 18.9 Å². The van der Waals surface area contributed by atoms with Crippen molar-refractivity contribution in [2.24, 2.45) is 5.41 Å². The van der Waals surface area contributed by atoms with Gasteiger partial charge in [0.15, 0.2) is 11.6 Å². The van der Waals surface area contributed by atoms with Gasteiger partial charge in [0.2, 0.25) is 5.91 Å². The summed E-state index contributed by atoms with van der Waals surface area (Å²) >= 11 is 0. The third-order valence-electron chi connectivity index (χ3n) is 4.13. The summed E-state index contributed by atoms with van der Waals surface area (Å²) in [6.07, 6.45) is 2.98.